The van der Waals surface area contributed by atoms with Crippen molar-refractivity contribution in [2.75, 3.05) is 0 Å². The zero-order valence-corrected chi connectivity index (χ0v) is 28.7. The maximum atomic E-state index is 11.2. The Balaban J connectivity index is 0.000000682. The third kappa shape index (κ3) is 23.2. The number of benzene rings is 2. The molecule has 2 nitrogen and oxygen atoms in total. The molecule has 2 aromatic rings. The molecule has 0 radical (unpaired) electrons. The van der Waals surface area contributed by atoms with Crippen LogP contribution in [0.15, 0.2) is 48.5 Å². The fourth-order valence-corrected chi connectivity index (χ4v) is 4.68. The minimum atomic E-state index is 0. The summed E-state index contributed by atoms with van der Waals surface area (Å²) in [6.07, 6.45) is 26.5. The number of rotatable bonds is 20. The van der Waals surface area contributed by atoms with Gasteiger partial charge in [0.25, 0.3) is 0 Å². The van der Waals surface area contributed by atoms with Gasteiger partial charge in [-0.15, -0.1) is 11.5 Å². The summed E-state index contributed by atoms with van der Waals surface area (Å²) in [7, 11) is 0. The maximum absolute atomic E-state index is 11.2. The molecule has 0 amide bonds. The van der Waals surface area contributed by atoms with Crippen LogP contribution in [-0.2, 0) is 12.8 Å². The molecule has 0 heterocycles. The van der Waals surface area contributed by atoms with Gasteiger partial charge in [0.05, 0.1) is 0 Å². The third-order valence-corrected chi connectivity index (χ3v) is 6.93. The first-order chi connectivity index (χ1) is 17.7. The Labute approximate surface area is 270 Å². The van der Waals surface area contributed by atoms with Crippen molar-refractivity contribution in [3.8, 4) is 11.5 Å². The zero-order valence-electron chi connectivity index (χ0n) is 24.3. The van der Waals surface area contributed by atoms with E-state index in [1.54, 1.807) is 24.3 Å². The van der Waals surface area contributed by atoms with Gasteiger partial charge in [0.15, 0.2) is 0 Å². The monoisotopic (exact) mass is 632 g/mol. The van der Waals surface area contributed by atoms with Crippen molar-refractivity contribution in [2.45, 2.75) is 142 Å². The summed E-state index contributed by atoms with van der Waals surface area (Å²) in [6, 6.07) is 14.6. The summed E-state index contributed by atoms with van der Waals surface area (Å²) in [4.78, 5) is 0. The van der Waals surface area contributed by atoms with Crippen molar-refractivity contribution in [3.63, 3.8) is 0 Å². The van der Waals surface area contributed by atoms with E-state index in [9.17, 15) is 10.2 Å². The molecular formula is C34H54BaO2. The van der Waals surface area contributed by atoms with Gasteiger partial charge in [-0.3, -0.25) is 0 Å². The average Bonchev–Trinajstić information content (AvgIpc) is 2.87. The molecule has 0 unspecified atom stereocenters. The molecule has 2 aromatic carbocycles. The van der Waals surface area contributed by atoms with Gasteiger partial charge >= 0.3 is 48.9 Å². The molecule has 0 bridgehead atoms. The van der Waals surface area contributed by atoms with E-state index in [-0.39, 0.29) is 60.4 Å². The van der Waals surface area contributed by atoms with Crippen LogP contribution in [0.3, 0.4) is 0 Å². The molecule has 0 atom stereocenters. The SMILES string of the molecule is CCCCCCCCCCCc1cccc([O-])c1.CCCCCCCCCCCc1cccc([O-])c1.[Ba+2]. The molecule has 2 rings (SSSR count). The van der Waals surface area contributed by atoms with E-state index in [2.05, 4.69) is 26.0 Å². The van der Waals surface area contributed by atoms with Crippen LogP contribution in [0.5, 0.6) is 11.5 Å². The summed E-state index contributed by atoms with van der Waals surface area (Å²) in [5.41, 5.74) is 2.40. The molecular weight excluding hydrogens is 578 g/mol. The van der Waals surface area contributed by atoms with Crippen LogP contribution < -0.4 is 10.2 Å². The molecule has 0 aliphatic rings. The van der Waals surface area contributed by atoms with Gasteiger partial charge < -0.3 is 10.2 Å². The van der Waals surface area contributed by atoms with E-state index < -0.39 is 0 Å². The molecule has 0 aliphatic heterocycles. The molecule has 0 aromatic heterocycles. The van der Waals surface area contributed by atoms with Gasteiger partial charge in [-0.1, -0.05) is 165 Å². The molecule has 204 valence electrons. The summed E-state index contributed by atoms with van der Waals surface area (Å²) >= 11 is 0. The van der Waals surface area contributed by atoms with Crippen molar-refractivity contribution < 1.29 is 10.2 Å². The minimum absolute atomic E-state index is 0. The molecule has 0 fully saturated rings. The van der Waals surface area contributed by atoms with E-state index in [4.69, 9.17) is 0 Å². The van der Waals surface area contributed by atoms with E-state index in [0.29, 0.717) is 0 Å². The number of unbranched alkanes of at least 4 members (excludes halogenated alkanes) is 16. The average molecular weight is 632 g/mol. The maximum Gasteiger partial charge on any atom is 2.00 e. The topological polar surface area (TPSA) is 46.1 Å². The van der Waals surface area contributed by atoms with Gasteiger partial charge in [-0.25, -0.2) is 0 Å². The number of hydrogen-bond donors (Lipinski definition) is 0. The first-order valence-corrected chi connectivity index (χ1v) is 15.2. The largest absolute Gasteiger partial charge is 2.00 e. The van der Waals surface area contributed by atoms with E-state index in [1.165, 1.54) is 127 Å². The minimum Gasteiger partial charge on any atom is -0.872 e. The first-order valence-electron chi connectivity index (χ1n) is 15.2. The zero-order chi connectivity index (χ0) is 26.1. The van der Waals surface area contributed by atoms with Crippen LogP contribution in [0.25, 0.3) is 0 Å². The molecule has 0 N–H and O–H groups in total. The number of aryl methyl sites for hydroxylation is 2. The van der Waals surface area contributed by atoms with Crippen LogP contribution in [-0.4, -0.2) is 48.9 Å². The second kappa shape index (κ2) is 27.2. The molecule has 0 saturated carbocycles. The molecule has 0 aliphatic carbocycles. The predicted molar refractivity (Wildman–Crippen MR) is 159 cm³/mol. The Morgan fingerprint density at radius 3 is 1.03 bits per heavy atom. The van der Waals surface area contributed by atoms with Gasteiger partial charge in [0.2, 0.25) is 0 Å². The Morgan fingerprint density at radius 2 is 0.730 bits per heavy atom. The van der Waals surface area contributed by atoms with Crippen molar-refractivity contribution in [2.24, 2.45) is 0 Å². The second-order valence-electron chi connectivity index (χ2n) is 10.5. The van der Waals surface area contributed by atoms with Crippen molar-refractivity contribution in [1.82, 2.24) is 0 Å². The number of hydrogen-bond acceptors (Lipinski definition) is 2. The summed E-state index contributed by atoms with van der Waals surface area (Å²) in [5, 5.41) is 22.3. The third-order valence-electron chi connectivity index (χ3n) is 6.93. The van der Waals surface area contributed by atoms with Gasteiger partial charge in [-0.05, 0) is 36.8 Å². The standard InChI is InChI=1S/2C17H28O.Ba/c2*1-2-3-4-5-6-7-8-9-10-12-16-13-11-14-17(18)15-16;/h2*11,13-15,18H,2-10,12H2,1H3;/q;;+2/p-2. The summed E-state index contributed by atoms with van der Waals surface area (Å²) in [6.45, 7) is 4.52. The van der Waals surface area contributed by atoms with Crippen molar-refractivity contribution >= 4 is 48.9 Å². The van der Waals surface area contributed by atoms with Gasteiger partial charge in [-0.2, -0.15) is 0 Å². The van der Waals surface area contributed by atoms with Crippen LogP contribution in [0.1, 0.15) is 141 Å². The van der Waals surface area contributed by atoms with Crippen LogP contribution in [0.4, 0.5) is 0 Å². The summed E-state index contributed by atoms with van der Waals surface area (Å²) in [5.74, 6) is 0.284. The fraction of sp³-hybridized carbons (Fsp3) is 0.647. The van der Waals surface area contributed by atoms with E-state index in [0.717, 1.165) is 12.8 Å². The molecule has 0 spiro atoms. The molecule has 3 heteroatoms. The summed E-state index contributed by atoms with van der Waals surface area (Å²) < 4.78 is 0. The Bertz CT molecular complexity index is 683. The molecule has 37 heavy (non-hydrogen) atoms. The van der Waals surface area contributed by atoms with Crippen LogP contribution in [0, 0.1) is 0 Å². The second-order valence-corrected chi connectivity index (χ2v) is 10.5. The quantitative estimate of drug-likeness (QED) is 0.108. The van der Waals surface area contributed by atoms with Crippen LogP contribution >= 0.6 is 0 Å². The molecule has 0 saturated heterocycles. The van der Waals surface area contributed by atoms with E-state index >= 15 is 0 Å². The Morgan fingerprint density at radius 1 is 0.432 bits per heavy atom. The first kappa shape index (κ1) is 36.6. The fourth-order valence-electron chi connectivity index (χ4n) is 4.68. The van der Waals surface area contributed by atoms with Gasteiger partial charge in [0.1, 0.15) is 0 Å². The van der Waals surface area contributed by atoms with Crippen LogP contribution in [0.2, 0.25) is 0 Å². The normalized spacial score (nSPS) is 10.4. The Kier molecular flexibility index (Phi) is 26.9. The van der Waals surface area contributed by atoms with E-state index in [1.807, 2.05) is 12.1 Å². The smallest absolute Gasteiger partial charge is 0.872 e. The van der Waals surface area contributed by atoms with Gasteiger partial charge in [0, 0.05) is 0 Å². The Hall–Kier alpha value is -0.389. The van der Waals surface area contributed by atoms with Crippen molar-refractivity contribution in [3.05, 3.63) is 59.7 Å². The predicted octanol–water partition coefficient (Wildman–Crippen LogP) is 9.29. The van der Waals surface area contributed by atoms with Crippen molar-refractivity contribution in [1.29, 1.82) is 0 Å².